The Morgan fingerprint density at radius 3 is 1.24 bits per heavy atom. The van der Waals surface area contributed by atoms with E-state index in [-0.39, 0.29) is 22.6 Å². The molecule has 0 bridgehead atoms. The maximum absolute atomic E-state index is 12.6. The molecule has 426 valence electrons. The summed E-state index contributed by atoms with van der Waals surface area (Å²) in [6.45, 7) is 20.1. The Hall–Kier alpha value is -6.16. The maximum atomic E-state index is 12.6. The summed E-state index contributed by atoms with van der Waals surface area (Å²) in [5.74, 6) is 14.5. The molecule has 5 aromatic carbocycles. The molecule has 0 saturated heterocycles. The molecule has 1 heterocycles. The SMILES string of the molecule is CCC(CC)(c1ccc(C#CC2(O)CCCCC2)c(C)c1)c1ccc(OCCCCCN)c(C)c1.CCC(CC)(c1ccc(C#CC2(O)CCCCC2)c(C)c1)c1ccc(OCCCCCN2C(=O)c3ccccc3C2=O)c(C)c1. The molecule has 0 radical (unpaired) electrons. The third-order valence-corrected chi connectivity index (χ3v) is 17.9. The second-order valence-electron chi connectivity index (χ2n) is 23.2. The smallest absolute Gasteiger partial charge is 0.261 e. The molecule has 80 heavy (non-hydrogen) atoms. The number of ether oxygens (including phenoxy) is 2. The van der Waals surface area contributed by atoms with Gasteiger partial charge in [-0.25, -0.2) is 0 Å². The van der Waals surface area contributed by atoms with Crippen molar-refractivity contribution in [2.75, 3.05) is 26.3 Å². The van der Waals surface area contributed by atoms with Crippen LogP contribution in [0.15, 0.2) is 97.1 Å². The maximum Gasteiger partial charge on any atom is 0.261 e. The Morgan fingerprint density at radius 2 is 0.875 bits per heavy atom. The summed E-state index contributed by atoms with van der Waals surface area (Å²) >= 11 is 0. The third kappa shape index (κ3) is 14.7. The van der Waals surface area contributed by atoms with Crippen molar-refractivity contribution < 1.29 is 29.3 Å². The normalized spacial score (nSPS) is 15.7. The van der Waals surface area contributed by atoms with Gasteiger partial charge in [-0.3, -0.25) is 14.5 Å². The van der Waals surface area contributed by atoms with Gasteiger partial charge in [0.2, 0.25) is 0 Å². The van der Waals surface area contributed by atoms with Crippen molar-refractivity contribution in [2.45, 2.75) is 206 Å². The third-order valence-electron chi connectivity index (χ3n) is 17.9. The number of nitrogens with two attached hydrogens (primary N) is 1. The molecule has 2 amide bonds. The van der Waals surface area contributed by atoms with Crippen molar-refractivity contribution in [2.24, 2.45) is 5.73 Å². The van der Waals surface area contributed by atoms with Crippen LogP contribution in [0.5, 0.6) is 11.5 Å². The van der Waals surface area contributed by atoms with E-state index in [1.54, 1.807) is 24.3 Å². The summed E-state index contributed by atoms with van der Waals surface area (Å²) in [5, 5.41) is 21.6. The zero-order valence-electron chi connectivity index (χ0n) is 49.8. The summed E-state index contributed by atoms with van der Waals surface area (Å²) < 4.78 is 12.2. The first-order chi connectivity index (χ1) is 38.6. The molecule has 8 rings (SSSR count). The van der Waals surface area contributed by atoms with Crippen molar-refractivity contribution in [3.63, 3.8) is 0 Å². The number of unbranched alkanes of at least 4 members (excludes halogenated alkanes) is 4. The van der Waals surface area contributed by atoms with Crippen molar-refractivity contribution in [1.29, 1.82) is 0 Å². The number of hydrogen-bond acceptors (Lipinski definition) is 7. The lowest BCUT2D eigenvalue weighted by Crippen LogP contribution is -2.30. The van der Waals surface area contributed by atoms with E-state index in [0.717, 1.165) is 162 Å². The van der Waals surface area contributed by atoms with Gasteiger partial charge < -0.3 is 25.4 Å². The van der Waals surface area contributed by atoms with Crippen LogP contribution in [0.3, 0.4) is 0 Å². The minimum Gasteiger partial charge on any atom is -0.493 e. The van der Waals surface area contributed by atoms with Gasteiger partial charge in [0.15, 0.2) is 0 Å². The van der Waals surface area contributed by atoms with Crippen LogP contribution in [-0.2, 0) is 10.8 Å². The zero-order valence-corrected chi connectivity index (χ0v) is 49.8. The van der Waals surface area contributed by atoms with Crippen LogP contribution in [0.4, 0.5) is 0 Å². The highest BCUT2D eigenvalue weighted by molar-refractivity contribution is 6.21. The van der Waals surface area contributed by atoms with Crippen LogP contribution >= 0.6 is 0 Å². The molecule has 8 heteroatoms. The topological polar surface area (TPSA) is 122 Å². The highest BCUT2D eigenvalue weighted by atomic mass is 16.5. The number of rotatable bonds is 21. The van der Waals surface area contributed by atoms with E-state index in [9.17, 15) is 19.8 Å². The van der Waals surface area contributed by atoms with Gasteiger partial charge in [-0.15, -0.1) is 0 Å². The molecule has 5 aromatic rings. The Balaban J connectivity index is 0.000000239. The zero-order chi connectivity index (χ0) is 57.3. The van der Waals surface area contributed by atoms with E-state index in [0.29, 0.717) is 24.3 Å². The predicted octanol–water partition coefficient (Wildman–Crippen LogP) is 15.3. The summed E-state index contributed by atoms with van der Waals surface area (Å²) in [4.78, 5) is 26.5. The molecular weight excluding hydrogens is 989 g/mol. The first kappa shape index (κ1) is 61.5. The molecule has 2 fully saturated rings. The number of carbonyl (C=O) groups is 2. The molecule has 1 aliphatic heterocycles. The van der Waals surface area contributed by atoms with Gasteiger partial charge >= 0.3 is 0 Å². The lowest BCUT2D eigenvalue weighted by Gasteiger charge is -2.34. The fourth-order valence-corrected chi connectivity index (χ4v) is 12.6. The minimum atomic E-state index is -0.844. The van der Waals surface area contributed by atoms with Gasteiger partial charge in [0.1, 0.15) is 22.7 Å². The van der Waals surface area contributed by atoms with Crippen LogP contribution in [0.25, 0.3) is 0 Å². The highest BCUT2D eigenvalue weighted by Gasteiger charge is 2.36. The first-order valence-corrected chi connectivity index (χ1v) is 30.4. The molecule has 2 saturated carbocycles. The van der Waals surface area contributed by atoms with Crippen molar-refractivity contribution >= 4 is 11.8 Å². The summed E-state index contributed by atoms with van der Waals surface area (Å²) in [6, 6.07) is 33.6. The fraction of sp³-hybridized carbons (Fsp3) is 0.500. The van der Waals surface area contributed by atoms with E-state index in [1.165, 1.54) is 51.1 Å². The van der Waals surface area contributed by atoms with Gasteiger partial charge in [0, 0.05) is 28.5 Å². The Labute approximate surface area is 480 Å². The van der Waals surface area contributed by atoms with Crippen LogP contribution in [0.1, 0.15) is 232 Å². The standard InChI is InChI=1S/C40H47NO4.C32H45NO2/c1-5-40(6-2,32-18-17-31(29(3)27-32)21-24-39(44)22-11-7-12-23-39)33-19-20-36(30(4)28-33)45-26-14-8-13-25-41-37(42)34-15-9-10-16-35(34)38(41)43;1-5-32(6-2,29-15-16-30(26(4)24-29)35-22-12-8-11-21-33)28-14-13-27(25(3)23-28)17-20-31(34)18-9-7-10-19-31/h9-10,15-20,27-28,44H,5-8,11-14,22-23,25-26H2,1-4H3;13-16,23-24,34H,5-12,18-19,21-22,33H2,1-4H3. The number of benzene rings is 5. The number of aryl methyl sites for hydroxylation is 4. The summed E-state index contributed by atoms with van der Waals surface area (Å²) in [7, 11) is 0. The quantitative estimate of drug-likeness (QED) is 0.0380. The average molecular weight is 1080 g/mol. The predicted molar refractivity (Wildman–Crippen MR) is 327 cm³/mol. The minimum absolute atomic E-state index is 0.0529. The van der Waals surface area contributed by atoms with Crippen LogP contribution < -0.4 is 15.2 Å². The molecule has 0 atom stereocenters. The van der Waals surface area contributed by atoms with Crippen molar-refractivity contribution in [3.05, 3.63) is 164 Å². The second kappa shape index (κ2) is 28.5. The van der Waals surface area contributed by atoms with Gasteiger partial charge in [0.25, 0.3) is 11.8 Å². The van der Waals surface area contributed by atoms with Crippen LogP contribution in [0.2, 0.25) is 0 Å². The largest absolute Gasteiger partial charge is 0.493 e. The van der Waals surface area contributed by atoms with E-state index in [2.05, 4.69) is 152 Å². The molecule has 2 aliphatic carbocycles. The molecule has 0 aromatic heterocycles. The fourth-order valence-electron chi connectivity index (χ4n) is 12.6. The monoisotopic (exact) mass is 1080 g/mol. The number of nitrogens with zero attached hydrogens (tertiary/aromatic N) is 1. The van der Waals surface area contributed by atoms with Gasteiger partial charge in [-0.1, -0.05) is 125 Å². The van der Waals surface area contributed by atoms with Crippen LogP contribution in [-0.4, -0.2) is 64.4 Å². The molecule has 8 nitrogen and oxygen atoms in total. The molecule has 0 spiro atoms. The highest BCUT2D eigenvalue weighted by Crippen LogP contribution is 2.43. The number of amides is 2. The summed E-state index contributed by atoms with van der Waals surface area (Å²) in [5.41, 5.74) is 16.6. The Kier molecular flexibility index (Phi) is 21.9. The molecule has 3 aliphatic rings. The Bertz CT molecular complexity index is 2980. The molecule has 0 unspecified atom stereocenters. The average Bonchev–Trinajstić information content (AvgIpc) is 3.75. The van der Waals surface area contributed by atoms with Crippen molar-refractivity contribution in [3.8, 4) is 35.2 Å². The van der Waals surface area contributed by atoms with E-state index >= 15 is 0 Å². The summed E-state index contributed by atoms with van der Waals surface area (Å²) in [6.07, 6.45) is 19.4. The van der Waals surface area contributed by atoms with E-state index in [1.807, 2.05) is 0 Å². The lowest BCUT2D eigenvalue weighted by molar-refractivity contribution is 0.0606. The van der Waals surface area contributed by atoms with Crippen molar-refractivity contribution in [1.82, 2.24) is 4.90 Å². The Morgan fingerprint density at radius 1 is 0.500 bits per heavy atom. The van der Waals surface area contributed by atoms with Gasteiger partial charge in [-0.05, 0) is 231 Å². The van der Waals surface area contributed by atoms with Gasteiger partial charge in [-0.2, -0.15) is 0 Å². The number of fused-ring (bicyclic) bond motifs is 1. The second-order valence-corrected chi connectivity index (χ2v) is 23.2. The number of carbonyl (C=O) groups excluding carboxylic acids is 2. The van der Waals surface area contributed by atoms with Gasteiger partial charge in [0.05, 0.1) is 24.3 Å². The number of hydrogen-bond donors (Lipinski definition) is 3. The first-order valence-electron chi connectivity index (χ1n) is 30.4. The number of imide groups is 1. The number of aliphatic hydroxyl groups is 2. The lowest BCUT2D eigenvalue weighted by atomic mass is 9.70. The van der Waals surface area contributed by atoms with Crippen LogP contribution in [0, 0.1) is 51.4 Å². The van der Waals surface area contributed by atoms with E-state index < -0.39 is 11.2 Å². The molecule has 4 N–H and O–H groups in total. The molecular formula is C72H92N2O6. The van der Waals surface area contributed by atoms with E-state index in [4.69, 9.17) is 15.2 Å².